The lowest BCUT2D eigenvalue weighted by Crippen LogP contribution is -2.26. The Morgan fingerprint density at radius 2 is 1.96 bits per heavy atom. The summed E-state index contributed by atoms with van der Waals surface area (Å²) >= 11 is 1.18. The van der Waals surface area contributed by atoms with Crippen LogP contribution in [0.25, 0.3) is 10.2 Å². The van der Waals surface area contributed by atoms with Crippen LogP contribution in [0, 0.1) is 0 Å². The molecule has 0 aliphatic heterocycles. The molecule has 0 bridgehead atoms. The van der Waals surface area contributed by atoms with E-state index >= 15 is 0 Å². The molecule has 2 N–H and O–H groups in total. The number of carbonyl (C=O) groups excluding carboxylic acids is 1. The van der Waals surface area contributed by atoms with Crippen molar-refractivity contribution >= 4 is 27.5 Å². The second-order valence-electron chi connectivity index (χ2n) is 5.31. The van der Waals surface area contributed by atoms with E-state index in [0.717, 1.165) is 10.8 Å². The SMILES string of the molecule is CCc1cc(C(F)(F)F)nc(C(C(N)=O)c2nc3ccccc3s2)n1. The quantitative estimate of drug-likeness (QED) is 0.768. The average molecular weight is 366 g/mol. The van der Waals surface area contributed by atoms with Gasteiger partial charge in [0.15, 0.2) is 0 Å². The van der Waals surface area contributed by atoms with Crippen LogP contribution in [0.3, 0.4) is 0 Å². The number of rotatable bonds is 4. The fourth-order valence-electron chi connectivity index (χ4n) is 2.35. The van der Waals surface area contributed by atoms with Gasteiger partial charge in [0.25, 0.3) is 0 Å². The van der Waals surface area contributed by atoms with Crippen LogP contribution < -0.4 is 5.73 Å². The predicted octanol–water partition coefficient (Wildman–Crippen LogP) is 3.28. The van der Waals surface area contributed by atoms with Gasteiger partial charge in [-0.25, -0.2) is 15.0 Å². The molecule has 2 heterocycles. The summed E-state index contributed by atoms with van der Waals surface area (Å²) in [5.74, 6) is -2.36. The van der Waals surface area contributed by atoms with Crippen LogP contribution in [0.5, 0.6) is 0 Å². The highest BCUT2D eigenvalue weighted by atomic mass is 32.1. The van der Waals surface area contributed by atoms with Crippen molar-refractivity contribution in [1.29, 1.82) is 0 Å². The van der Waals surface area contributed by atoms with Crippen molar-refractivity contribution in [2.24, 2.45) is 5.73 Å². The molecule has 0 saturated heterocycles. The Balaban J connectivity index is 2.16. The molecule has 2 aromatic heterocycles. The molecule has 0 saturated carbocycles. The van der Waals surface area contributed by atoms with E-state index in [1.165, 1.54) is 11.3 Å². The molecule has 25 heavy (non-hydrogen) atoms. The maximum absolute atomic E-state index is 13.1. The fourth-order valence-corrected chi connectivity index (χ4v) is 3.42. The highest BCUT2D eigenvalue weighted by Gasteiger charge is 2.36. The van der Waals surface area contributed by atoms with Crippen molar-refractivity contribution in [3.05, 3.63) is 52.6 Å². The number of amides is 1. The van der Waals surface area contributed by atoms with Crippen LogP contribution in [0.4, 0.5) is 13.2 Å². The minimum Gasteiger partial charge on any atom is -0.369 e. The third kappa shape index (κ3) is 3.46. The topological polar surface area (TPSA) is 81.8 Å². The first kappa shape index (κ1) is 17.3. The average Bonchev–Trinajstić information content (AvgIpc) is 2.96. The number of nitrogens with zero attached hydrogens (tertiary/aromatic N) is 3. The number of para-hydroxylation sites is 1. The highest BCUT2D eigenvalue weighted by Crippen LogP contribution is 2.33. The number of hydrogen-bond acceptors (Lipinski definition) is 5. The number of benzene rings is 1. The largest absolute Gasteiger partial charge is 0.433 e. The number of hydrogen-bond donors (Lipinski definition) is 1. The molecule has 9 heteroatoms. The van der Waals surface area contributed by atoms with Gasteiger partial charge in [0, 0.05) is 5.69 Å². The molecule has 1 unspecified atom stereocenters. The van der Waals surface area contributed by atoms with E-state index < -0.39 is 23.7 Å². The fraction of sp³-hybridized carbons (Fsp3) is 0.250. The third-order valence-corrected chi connectivity index (χ3v) is 4.65. The monoisotopic (exact) mass is 366 g/mol. The second kappa shape index (κ2) is 6.40. The molecule has 0 spiro atoms. The van der Waals surface area contributed by atoms with Crippen LogP contribution >= 0.6 is 11.3 Å². The summed E-state index contributed by atoms with van der Waals surface area (Å²) in [6.45, 7) is 1.67. The molecule has 1 amide bonds. The van der Waals surface area contributed by atoms with Gasteiger partial charge in [-0.1, -0.05) is 19.1 Å². The normalized spacial score (nSPS) is 13.1. The Hall–Kier alpha value is -2.55. The van der Waals surface area contributed by atoms with Crippen LogP contribution in [0.15, 0.2) is 30.3 Å². The van der Waals surface area contributed by atoms with Gasteiger partial charge < -0.3 is 5.73 Å². The van der Waals surface area contributed by atoms with Gasteiger partial charge in [-0.2, -0.15) is 13.2 Å². The molecule has 0 aliphatic rings. The van der Waals surface area contributed by atoms with Gasteiger partial charge in [-0.15, -0.1) is 11.3 Å². The van der Waals surface area contributed by atoms with Gasteiger partial charge in [0.05, 0.1) is 10.2 Å². The zero-order valence-electron chi connectivity index (χ0n) is 13.0. The molecular weight excluding hydrogens is 353 g/mol. The first-order valence-electron chi connectivity index (χ1n) is 7.39. The molecular formula is C16H13F3N4OS. The zero-order valence-corrected chi connectivity index (χ0v) is 13.9. The van der Waals surface area contributed by atoms with Crippen molar-refractivity contribution in [3.63, 3.8) is 0 Å². The van der Waals surface area contributed by atoms with E-state index in [9.17, 15) is 18.0 Å². The minimum atomic E-state index is -4.64. The lowest BCUT2D eigenvalue weighted by atomic mass is 10.1. The van der Waals surface area contributed by atoms with E-state index in [4.69, 9.17) is 5.73 Å². The summed E-state index contributed by atoms with van der Waals surface area (Å²) in [4.78, 5) is 23.9. The van der Waals surface area contributed by atoms with Gasteiger partial charge in [-0.05, 0) is 24.6 Å². The predicted molar refractivity (Wildman–Crippen MR) is 87.1 cm³/mol. The van der Waals surface area contributed by atoms with E-state index in [-0.39, 0.29) is 22.9 Å². The van der Waals surface area contributed by atoms with Crippen molar-refractivity contribution in [3.8, 4) is 0 Å². The summed E-state index contributed by atoms with van der Waals surface area (Å²) in [6.07, 6.45) is -4.37. The van der Waals surface area contributed by atoms with Gasteiger partial charge in [0.1, 0.15) is 22.4 Å². The molecule has 5 nitrogen and oxygen atoms in total. The van der Waals surface area contributed by atoms with E-state index in [1.54, 1.807) is 31.2 Å². The van der Waals surface area contributed by atoms with Crippen LogP contribution in [0.1, 0.15) is 35.1 Å². The zero-order chi connectivity index (χ0) is 18.2. The van der Waals surface area contributed by atoms with Crippen molar-refractivity contribution in [2.45, 2.75) is 25.4 Å². The molecule has 3 rings (SSSR count). The number of halogens is 3. The van der Waals surface area contributed by atoms with Crippen molar-refractivity contribution in [1.82, 2.24) is 15.0 Å². The number of aromatic nitrogens is 3. The Morgan fingerprint density at radius 1 is 1.24 bits per heavy atom. The lowest BCUT2D eigenvalue weighted by Gasteiger charge is -2.13. The van der Waals surface area contributed by atoms with Gasteiger partial charge in [-0.3, -0.25) is 4.79 Å². The smallest absolute Gasteiger partial charge is 0.369 e. The molecule has 0 aliphatic carbocycles. The number of nitrogens with two attached hydrogens (primary N) is 1. The van der Waals surface area contributed by atoms with E-state index in [0.29, 0.717) is 5.52 Å². The van der Waals surface area contributed by atoms with Crippen molar-refractivity contribution < 1.29 is 18.0 Å². The summed E-state index contributed by atoms with van der Waals surface area (Å²) in [6, 6.07) is 8.01. The number of thiazole rings is 1. The van der Waals surface area contributed by atoms with Crippen LogP contribution in [0.2, 0.25) is 0 Å². The maximum atomic E-state index is 13.1. The molecule has 130 valence electrons. The first-order valence-corrected chi connectivity index (χ1v) is 8.21. The first-order chi connectivity index (χ1) is 11.8. The summed E-state index contributed by atoms with van der Waals surface area (Å²) < 4.78 is 40.1. The second-order valence-corrected chi connectivity index (χ2v) is 6.37. The Labute approximate surface area is 144 Å². The number of primary amides is 1. The van der Waals surface area contributed by atoms with E-state index in [1.807, 2.05) is 0 Å². The third-order valence-electron chi connectivity index (χ3n) is 3.55. The maximum Gasteiger partial charge on any atom is 0.433 e. The molecule has 3 aromatic rings. The highest BCUT2D eigenvalue weighted by molar-refractivity contribution is 7.18. The molecule has 1 aromatic carbocycles. The summed E-state index contributed by atoms with van der Waals surface area (Å²) in [7, 11) is 0. The van der Waals surface area contributed by atoms with Gasteiger partial charge in [0.2, 0.25) is 5.91 Å². The Bertz CT molecular complexity index is 906. The number of carbonyl (C=O) groups is 1. The van der Waals surface area contributed by atoms with E-state index in [2.05, 4.69) is 15.0 Å². The summed E-state index contributed by atoms with van der Waals surface area (Å²) in [5, 5.41) is 0.273. The van der Waals surface area contributed by atoms with Crippen LogP contribution in [-0.2, 0) is 17.4 Å². The number of aryl methyl sites for hydroxylation is 1. The number of fused-ring (bicyclic) bond motifs is 1. The molecule has 0 fully saturated rings. The number of alkyl halides is 3. The minimum absolute atomic E-state index is 0.185. The standard InChI is InChI=1S/C16H13F3N4OS/c1-2-8-7-11(16(17,18)19)23-14(21-8)12(13(20)24)15-22-9-5-3-4-6-10(9)25-15/h3-7,12H,2H2,1H3,(H2,20,24). The van der Waals surface area contributed by atoms with Gasteiger partial charge >= 0.3 is 6.18 Å². The Morgan fingerprint density at radius 3 is 2.56 bits per heavy atom. The molecule has 1 atom stereocenters. The Kier molecular flexibility index (Phi) is 4.42. The lowest BCUT2D eigenvalue weighted by molar-refractivity contribution is -0.141. The summed E-state index contributed by atoms with van der Waals surface area (Å²) in [5.41, 5.74) is 5.16. The molecule has 0 radical (unpaired) electrons. The van der Waals surface area contributed by atoms with Crippen molar-refractivity contribution in [2.75, 3.05) is 0 Å². The van der Waals surface area contributed by atoms with Crippen LogP contribution in [-0.4, -0.2) is 20.9 Å².